The molecule has 15 heavy (non-hydrogen) atoms. The summed E-state index contributed by atoms with van der Waals surface area (Å²) >= 11 is 5.25. The Labute approximate surface area is 96.7 Å². The van der Waals surface area contributed by atoms with Gasteiger partial charge in [0, 0.05) is 18.4 Å². The van der Waals surface area contributed by atoms with E-state index in [-0.39, 0.29) is 0 Å². The molecule has 1 aliphatic rings. The normalized spacial score (nSPS) is 18.2. The highest BCUT2D eigenvalue weighted by atomic mass is 32.1. The van der Waals surface area contributed by atoms with E-state index < -0.39 is 0 Å². The molecule has 2 rings (SSSR count). The predicted molar refractivity (Wildman–Crippen MR) is 65.5 cm³/mol. The quantitative estimate of drug-likeness (QED) is 0.774. The minimum absolute atomic E-state index is 0.878. The molecule has 84 valence electrons. The molecule has 2 nitrogen and oxygen atoms in total. The fourth-order valence-corrected chi connectivity index (χ4v) is 2.84. The number of rotatable bonds is 3. The molecule has 0 atom stereocenters. The van der Waals surface area contributed by atoms with Crippen LogP contribution in [0, 0.1) is 17.6 Å². The average molecular weight is 224 g/mol. The number of H-pyrrole nitrogens is 1. The second-order valence-corrected chi connectivity index (χ2v) is 5.07. The number of aromatic nitrogens is 2. The van der Waals surface area contributed by atoms with Gasteiger partial charge in [0.15, 0.2) is 4.77 Å². The van der Waals surface area contributed by atoms with Crippen LogP contribution in [0.15, 0.2) is 6.20 Å². The van der Waals surface area contributed by atoms with Crippen molar-refractivity contribution in [3.05, 3.63) is 16.7 Å². The molecule has 1 saturated carbocycles. The summed E-state index contributed by atoms with van der Waals surface area (Å²) in [6, 6.07) is 0. The maximum atomic E-state index is 5.25. The Balaban J connectivity index is 1.89. The van der Waals surface area contributed by atoms with E-state index in [1.54, 1.807) is 0 Å². The van der Waals surface area contributed by atoms with E-state index in [1.165, 1.54) is 44.2 Å². The van der Waals surface area contributed by atoms with E-state index in [2.05, 4.69) is 16.5 Å². The summed E-state index contributed by atoms with van der Waals surface area (Å²) in [6.07, 6.45) is 10.5. The van der Waals surface area contributed by atoms with Crippen molar-refractivity contribution in [1.29, 1.82) is 0 Å². The van der Waals surface area contributed by atoms with Crippen molar-refractivity contribution in [1.82, 2.24) is 9.55 Å². The molecular formula is C12H20N2S. The summed E-state index contributed by atoms with van der Waals surface area (Å²) in [6.45, 7) is 3.21. The number of nitrogens with zero attached hydrogens (tertiary/aromatic N) is 1. The van der Waals surface area contributed by atoms with Crippen LogP contribution in [0.25, 0.3) is 0 Å². The third-order valence-corrected chi connectivity index (χ3v) is 3.90. The first-order chi connectivity index (χ1) is 7.27. The van der Waals surface area contributed by atoms with Crippen LogP contribution in [0.1, 0.15) is 44.2 Å². The first-order valence-corrected chi connectivity index (χ1v) is 6.43. The first-order valence-electron chi connectivity index (χ1n) is 6.02. The lowest BCUT2D eigenvalue weighted by atomic mass is 9.87. The largest absolute Gasteiger partial charge is 0.337 e. The average Bonchev–Trinajstić information content (AvgIpc) is 2.58. The van der Waals surface area contributed by atoms with Gasteiger partial charge in [0.2, 0.25) is 0 Å². The SMILES string of the molecule is Cc1c[nH]c(=S)n1CCC1CCCCC1. The minimum Gasteiger partial charge on any atom is -0.337 e. The summed E-state index contributed by atoms with van der Waals surface area (Å²) < 4.78 is 3.10. The van der Waals surface area contributed by atoms with E-state index >= 15 is 0 Å². The van der Waals surface area contributed by atoms with Crippen molar-refractivity contribution >= 4 is 12.2 Å². The lowest BCUT2D eigenvalue weighted by molar-refractivity contribution is 0.322. The lowest BCUT2D eigenvalue weighted by Gasteiger charge is -2.21. The van der Waals surface area contributed by atoms with Crippen LogP contribution in [0.2, 0.25) is 0 Å². The first kappa shape index (κ1) is 10.9. The van der Waals surface area contributed by atoms with E-state index in [0.29, 0.717) is 0 Å². The summed E-state index contributed by atoms with van der Waals surface area (Å²) in [5.74, 6) is 0.940. The summed E-state index contributed by atoms with van der Waals surface area (Å²) in [7, 11) is 0. The highest BCUT2D eigenvalue weighted by Crippen LogP contribution is 2.26. The van der Waals surface area contributed by atoms with Gasteiger partial charge in [-0.25, -0.2) is 0 Å². The van der Waals surface area contributed by atoms with Crippen molar-refractivity contribution < 1.29 is 0 Å². The molecule has 1 heterocycles. The molecule has 0 bridgehead atoms. The van der Waals surface area contributed by atoms with Gasteiger partial charge >= 0.3 is 0 Å². The molecule has 0 unspecified atom stereocenters. The van der Waals surface area contributed by atoms with Crippen LogP contribution in [0.4, 0.5) is 0 Å². The van der Waals surface area contributed by atoms with Crippen molar-refractivity contribution in [2.45, 2.75) is 52.0 Å². The maximum absolute atomic E-state index is 5.25. The van der Waals surface area contributed by atoms with Crippen LogP contribution in [0.3, 0.4) is 0 Å². The van der Waals surface area contributed by atoms with Crippen LogP contribution >= 0.6 is 12.2 Å². The van der Waals surface area contributed by atoms with Gasteiger partial charge in [-0.1, -0.05) is 32.1 Å². The number of aromatic amines is 1. The molecule has 0 radical (unpaired) electrons. The molecule has 0 amide bonds. The second kappa shape index (κ2) is 4.97. The zero-order chi connectivity index (χ0) is 10.7. The van der Waals surface area contributed by atoms with Gasteiger partial charge in [0.05, 0.1) is 0 Å². The molecule has 0 saturated heterocycles. The lowest BCUT2D eigenvalue weighted by Crippen LogP contribution is -2.10. The fourth-order valence-electron chi connectivity index (χ4n) is 2.55. The van der Waals surface area contributed by atoms with E-state index in [9.17, 15) is 0 Å². The highest BCUT2D eigenvalue weighted by Gasteiger charge is 2.13. The predicted octanol–water partition coefficient (Wildman–Crippen LogP) is 3.82. The fraction of sp³-hybridized carbons (Fsp3) is 0.750. The zero-order valence-electron chi connectivity index (χ0n) is 9.46. The Morgan fingerprint density at radius 3 is 2.73 bits per heavy atom. The van der Waals surface area contributed by atoms with Gasteiger partial charge in [-0.3, -0.25) is 0 Å². The van der Waals surface area contributed by atoms with Gasteiger partial charge in [-0.15, -0.1) is 0 Å². The van der Waals surface area contributed by atoms with Gasteiger partial charge in [-0.2, -0.15) is 0 Å². The minimum atomic E-state index is 0.878. The van der Waals surface area contributed by atoms with Crippen LogP contribution < -0.4 is 0 Å². The van der Waals surface area contributed by atoms with Crippen molar-refractivity contribution in [3.63, 3.8) is 0 Å². The number of hydrogen-bond acceptors (Lipinski definition) is 1. The Bertz CT molecular complexity index is 358. The summed E-state index contributed by atoms with van der Waals surface area (Å²) in [5.41, 5.74) is 1.26. The van der Waals surface area contributed by atoms with Crippen LogP contribution in [-0.2, 0) is 6.54 Å². The van der Waals surface area contributed by atoms with Crippen LogP contribution in [-0.4, -0.2) is 9.55 Å². The third-order valence-electron chi connectivity index (χ3n) is 3.56. The van der Waals surface area contributed by atoms with E-state index in [4.69, 9.17) is 12.2 Å². The van der Waals surface area contributed by atoms with Crippen LogP contribution in [0.5, 0.6) is 0 Å². The number of hydrogen-bond donors (Lipinski definition) is 1. The molecule has 3 heteroatoms. The van der Waals surface area contributed by atoms with Gasteiger partial charge in [0.25, 0.3) is 0 Å². The molecule has 1 aliphatic carbocycles. The smallest absolute Gasteiger partial charge is 0.177 e. The van der Waals surface area contributed by atoms with Crippen molar-refractivity contribution in [2.24, 2.45) is 5.92 Å². The van der Waals surface area contributed by atoms with Gasteiger partial charge < -0.3 is 9.55 Å². The molecule has 1 aromatic rings. The van der Waals surface area contributed by atoms with Gasteiger partial charge in [-0.05, 0) is 31.5 Å². The number of aryl methyl sites for hydroxylation is 1. The Hall–Kier alpha value is -0.570. The standard InChI is InChI=1S/C12H20N2S/c1-10-9-13-12(15)14(10)8-7-11-5-3-2-4-6-11/h9,11H,2-8H2,1H3,(H,13,15). The molecule has 0 aromatic carbocycles. The topological polar surface area (TPSA) is 20.7 Å². The van der Waals surface area contributed by atoms with Crippen molar-refractivity contribution in [2.75, 3.05) is 0 Å². The number of imidazole rings is 1. The molecule has 0 spiro atoms. The molecule has 0 aliphatic heterocycles. The molecular weight excluding hydrogens is 204 g/mol. The maximum Gasteiger partial charge on any atom is 0.177 e. The van der Waals surface area contributed by atoms with E-state index in [0.717, 1.165) is 17.2 Å². The third kappa shape index (κ3) is 2.71. The summed E-state index contributed by atoms with van der Waals surface area (Å²) in [4.78, 5) is 3.10. The van der Waals surface area contributed by atoms with Crippen molar-refractivity contribution in [3.8, 4) is 0 Å². The highest BCUT2D eigenvalue weighted by molar-refractivity contribution is 7.71. The monoisotopic (exact) mass is 224 g/mol. The molecule has 1 aromatic heterocycles. The zero-order valence-corrected chi connectivity index (χ0v) is 10.3. The summed E-state index contributed by atoms with van der Waals surface area (Å²) in [5, 5.41) is 0. The Kier molecular flexibility index (Phi) is 3.62. The second-order valence-electron chi connectivity index (χ2n) is 4.68. The Morgan fingerprint density at radius 1 is 1.40 bits per heavy atom. The van der Waals surface area contributed by atoms with Gasteiger partial charge in [0.1, 0.15) is 0 Å². The Morgan fingerprint density at radius 2 is 2.13 bits per heavy atom. The molecule has 1 N–H and O–H groups in total. The number of nitrogens with one attached hydrogen (secondary N) is 1. The molecule has 1 fully saturated rings. The van der Waals surface area contributed by atoms with E-state index in [1.807, 2.05) is 6.20 Å².